The molecule has 0 aliphatic carbocycles. The standard InChI is InChI=1S/C21H12N2O3S/c24-14-5-3-4-12(10-14)19-22-17-9-8-13(11-18(17)27-19)23-20(25)15-6-1-2-7-16(15)21(23)26/h1-11,24H. The molecule has 1 aliphatic rings. The minimum atomic E-state index is -0.312. The Labute approximate surface area is 158 Å². The van der Waals surface area contributed by atoms with Gasteiger partial charge in [-0.25, -0.2) is 9.88 Å². The third-order valence-corrected chi connectivity index (χ3v) is 5.58. The van der Waals surface area contributed by atoms with Gasteiger partial charge in [-0.1, -0.05) is 24.3 Å². The van der Waals surface area contributed by atoms with Crippen LogP contribution in [0.25, 0.3) is 20.8 Å². The van der Waals surface area contributed by atoms with Crippen LogP contribution in [0.3, 0.4) is 0 Å². The molecule has 1 N–H and O–H groups in total. The molecule has 0 atom stereocenters. The highest BCUT2D eigenvalue weighted by Gasteiger charge is 2.36. The van der Waals surface area contributed by atoms with Gasteiger partial charge in [-0.05, 0) is 42.5 Å². The summed E-state index contributed by atoms with van der Waals surface area (Å²) in [5.74, 6) is -0.446. The van der Waals surface area contributed by atoms with Crippen molar-refractivity contribution in [3.8, 4) is 16.3 Å². The fraction of sp³-hybridized carbons (Fsp3) is 0. The van der Waals surface area contributed by atoms with E-state index < -0.39 is 0 Å². The highest BCUT2D eigenvalue weighted by atomic mass is 32.1. The minimum Gasteiger partial charge on any atom is -0.508 e. The maximum absolute atomic E-state index is 12.7. The molecule has 0 bridgehead atoms. The van der Waals surface area contributed by atoms with Gasteiger partial charge in [-0.2, -0.15) is 0 Å². The molecule has 6 heteroatoms. The normalized spacial score (nSPS) is 13.4. The van der Waals surface area contributed by atoms with E-state index in [1.165, 1.54) is 16.2 Å². The van der Waals surface area contributed by atoms with E-state index in [9.17, 15) is 14.7 Å². The number of carbonyl (C=O) groups excluding carboxylic acids is 2. The first-order valence-corrected chi connectivity index (χ1v) is 9.11. The van der Waals surface area contributed by atoms with Gasteiger partial charge in [0.15, 0.2) is 0 Å². The number of amides is 2. The molecule has 2 heterocycles. The third-order valence-electron chi connectivity index (χ3n) is 4.52. The van der Waals surface area contributed by atoms with Crippen LogP contribution in [-0.2, 0) is 0 Å². The van der Waals surface area contributed by atoms with E-state index in [4.69, 9.17) is 0 Å². The number of thiazole rings is 1. The lowest BCUT2D eigenvalue weighted by molar-refractivity contribution is 0.0926. The van der Waals surface area contributed by atoms with Gasteiger partial charge in [0.05, 0.1) is 27.0 Å². The summed E-state index contributed by atoms with van der Waals surface area (Å²) in [7, 11) is 0. The van der Waals surface area contributed by atoms with Gasteiger partial charge in [-0.3, -0.25) is 9.59 Å². The Hall–Kier alpha value is -3.51. The Morgan fingerprint density at radius 2 is 1.59 bits per heavy atom. The molecule has 0 spiro atoms. The predicted molar refractivity (Wildman–Crippen MR) is 104 cm³/mol. The molecule has 1 aliphatic heterocycles. The lowest BCUT2D eigenvalue weighted by atomic mass is 10.1. The molecule has 0 saturated carbocycles. The van der Waals surface area contributed by atoms with Gasteiger partial charge < -0.3 is 5.11 Å². The minimum absolute atomic E-state index is 0.179. The zero-order valence-corrected chi connectivity index (χ0v) is 14.7. The van der Waals surface area contributed by atoms with Crippen molar-refractivity contribution in [1.82, 2.24) is 4.98 Å². The largest absolute Gasteiger partial charge is 0.508 e. The zero-order chi connectivity index (χ0) is 18.5. The van der Waals surface area contributed by atoms with Crippen LogP contribution < -0.4 is 4.90 Å². The summed E-state index contributed by atoms with van der Waals surface area (Å²) in [5.41, 5.74) is 2.97. The van der Waals surface area contributed by atoms with Gasteiger partial charge >= 0.3 is 0 Å². The third kappa shape index (κ3) is 2.42. The van der Waals surface area contributed by atoms with Crippen LogP contribution in [0.4, 0.5) is 5.69 Å². The summed E-state index contributed by atoms with van der Waals surface area (Å²) in [6.07, 6.45) is 0. The van der Waals surface area contributed by atoms with Crippen LogP contribution in [0.1, 0.15) is 20.7 Å². The number of phenolic OH excluding ortho intramolecular Hbond substituents is 1. The quantitative estimate of drug-likeness (QED) is 0.527. The number of rotatable bonds is 2. The van der Waals surface area contributed by atoms with Crippen LogP contribution in [0.5, 0.6) is 5.75 Å². The first-order chi connectivity index (χ1) is 13.1. The van der Waals surface area contributed by atoms with Crippen molar-refractivity contribution in [1.29, 1.82) is 0 Å². The number of fused-ring (bicyclic) bond motifs is 2. The molecule has 1 aromatic heterocycles. The molecule has 2 amide bonds. The molecular weight excluding hydrogens is 360 g/mol. The first-order valence-electron chi connectivity index (χ1n) is 8.29. The van der Waals surface area contributed by atoms with Crippen molar-refractivity contribution in [2.75, 3.05) is 4.90 Å². The SMILES string of the molecule is O=C1c2ccccc2C(=O)N1c1ccc2nc(-c3cccc(O)c3)sc2c1. The average Bonchev–Trinajstić information content (AvgIpc) is 3.21. The number of nitrogens with zero attached hydrogens (tertiary/aromatic N) is 2. The van der Waals surface area contributed by atoms with Crippen LogP contribution in [0.15, 0.2) is 66.7 Å². The van der Waals surface area contributed by atoms with E-state index in [1.807, 2.05) is 6.07 Å². The van der Waals surface area contributed by atoms with E-state index in [0.717, 1.165) is 20.8 Å². The van der Waals surface area contributed by atoms with Gasteiger partial charge in [0, 0.05) is 5.56 Å². The number of anilines is 1. The number of imide groups is 1. The molecule has 0 unspecified atom stereocenters. The molecule has 0 radical (unpaired) electrons. The molecule has 5 rings (SSSR count). The summed E-state index contributed by atoms with van der Waals surface area (Å²) in [6.45, 7) is 0. The second-order valence-electron chi connectivity index (χ2n) is 6.21. The van der Waals surface area contributed by atoms with Gasteiger partial charge in [0.1, 0.15) is 10.8 Å². The van der Waals surface area contributed by atoms with E-state index in [0.29, 0.717) is 16.8 Å². The van der Waals surface area contributed by atoms with E-state index in [1.54, 1.807) is 60.7 Å². The zero-order valence-electron chi connectivity index (χ0n) is 13.9. The fourth-order valence-corrected chi connectivity index (χ4v) is 4.23. The number of benzene rings is 3. The number of carbonyl (C=O) groups is 2. The van der Waals surface area contributed by atoms with Crippen molar-refractivity contribution in [3.63, 3.8) is 0 Å². The van der Waals surface area contributed by atoms with Crippen LogP contribution in [0.2, 0.25) is 0 Å². The summed E-state index contributed by atoms with van der Waals surface area (Å²) in [6, 6.07) is 19.1. The topological polar surface area (TPSA) is 70.5 Å². The molecule has 3 aromatic carbocycles. The lowest BCUT2D eigenvalue weighted by Crippen LogP contribution is -2.29. The van der Waals surface area contributed by atoms with E-state index in [2.05, 4.69) is 4.98 Å². The second-order valence-corrected chi connectivity index (χ2v) is 7.24. The number of hydrogen-bond donors (Lipinski definition) is 1. The summed E-state index contributed by atoms with van der Waals surface area (Å²) in [5, 5.41) is 10.4. The van der Waals surface area contributed by atoms with Crippen molar-refractivity contribution < 1.29 is 14.7 Å². The fourth-order valence-electron chi connectivity index (χ4n) is 3.24. The monoisotopic (exact) mass is 372 g/mol. The number of aromatic nitrogens is 1. The molecule has 4 aromatic rings. The lowest BCUT2D eigenvalue weighted by Gasteiger charge is -2.13. The van der Waals surface area contributed by atoms with E-state index in [-0.39, 0.29) is 17.6 Å². The number of aromatic hydroxyl groups is 1. The average molecular weight is 372 g/mol. The maximum atomic E-state index is 12.7. The van der Waals surface area contributed by atoms with Crippen molar-refractivity contribution in [2.45, 2.75) is 0 Å². The molecular formula is C21H12N2O3S. The highest BCUT2D eigenvalue weighted by molar-refractivity contribution is 7.21. The summed E-state index contributed by atoms with van der Waals surface area (Å²) < 4.78 is 0.863. The Bertz CT molecular complexity index is 1210. The van der Waals surface area contributed by atoms with Crippen molar-refractivity contribution in [3.05, 3.63) is 77.9 Å². The summed E-state index contributed by atoms with van der Waals surface area (Å²) in [4.78, 5) is 31.1. The number of hydrogen-bond acceptors (Lipinski definition) is 5. The smallest absolute Gasteiger partial charge is 0.266 e. The molecule has 0 fully saturated rings. The Kier molecular flexibility index (Phi) is 3.35. The molecule has 130 valence electrons. The van der Waals surface area contributed by atoms with Crippen molar-refractivity contribution >= 4 is 39.1 Å². The van der Waals surface area contributed by atoms with Gasteiger partial charge in [0.2, 0.25) is 0 Å². The van der Waals surface area contributed by atoms with Crippen molar-refractivity contribution in [2.24, 2.45) is 0 Å². The predicted octanol–water partition coefficient (Wildman–Crippen LogP) is 4.47. The maximum Gasteiger partial charge on any atom is 0.266 e. The van der Waals surface area contributed by atoms with Crippen LogP contribution in [0, 0.1) is 0 Å². The molecule has 27 heavy (non-hydrogen) atoms. The van der Waals surface area contributed by atoms with E-state index >= 15 is 0 Å². The first kappa shape index (κ1) is 15.7. The Morgan fingerprint density at radius 1 is 0.852 bits per heavy atom. The second kappa shape index (κ2) is 5.75. The van der Waals surface area contributed by atoms with Crippen LogP contribution in [-0.4, -0.2) is 21.9 Å². The van der Waals surface area contributed by atoms with Gasteiger partial charge in [-0.15, -0.1) is 11.3 Å². The Balaban J connectivity index is 1.58. The Morgan fingerprint density at radius 3 is 2.30 bits per heavy atom. The molecule has 0 saturated heterocycles. The highest BCUT2D eigenvalue weighted by Crippen LogP contribution is 2.35. The number of phenols is 1. The van der Waals surface area contributed by atoms with Crippen LogP contribution >= 0.6 is 11.3 Å². The molecule has 5 nitrogen and oxygen atoms in total. The summed E-state index contributed by atoms with van der Waals surface area (Å²) >= 11 is 1.45. The van der Waals surface area contributed by atoms with Gasteiger partial charge in [0.25, 0.3) is 11.8 Å².